The second kappa shape index (κ2) is 5.02. The molecule has 0 spiro atoms. The molecule has 2 nitrogen and oxygen atoms in total. The minimum absolute atomic E-state index is 0.0933. The number of carbonyl (C=O) groups is 1. The normalized spacial score (nSPS) is 10.5. The van der Waals surface area contributed by atoms with Crippen molar-refractivity contribution in [2.75, 3.05) is 5.73 Å². The van der Waals surface area contributed by atoms with Crippen molar-refractivity contribution in [3.05, 3.63) is 63.4 Å². The summed E-state index contributed by atoms with van der Waals surface area (Å²) in [6.07, 6.45) is 0. The molecule has 2 aromatic carbocycles. The molecule has 0 saturated heterocycles. The molecule has 0 aliphatic rings. The van der Waals surface area contributed by atoms with Gasteiger partial charge in [-0.2, -0.15) is 0 Å². The molecule has 98 valence electrons. The molecule has 2 aromatic rings. The van der Waals surface area contributed by atoms with E-state index in [2.05, 4.69) is 0 Å². The SMILES string of the molecule is Cc1cc(C(=O)c2c(C)cccc2N)c(Cl)cc1F. The van der Waals surface area contributed by atoms with Gasteiger partial charge in [0.2, 0.25) is 0 Å². The van der Waals surface area contributed by atoms with E-state index >= 15 is 0 Å². The first-order valence-electron chi connectivity index (χ1n) is 5.77. The molecule has 0 atom stereocenters. The second-order valence-corrected chi connectivity index (χ2v) is 4.86. The Bertz CT molecular complexity index is 647. The molecular formula is C15H13ClFNO. The Balaban J connectivity index is 2.60. The average molecular weight is 278 g/mol. The number of aryl methyl sites for hydroxylation is 2. The van der Waals surface area contributed by atoms with E-state index in [0.717, 1.165) is 11.6 Å². The van der Waals surface area contributed by atoms with Gasteiger partial charge in [-0.25, -0.2) is 4.39 Å². The van der Waals surface area contributed by atoms with E-state index in [1.807, 2.05) is 0 Å². The molecule has 0 amide bonds. The zero-order valence-corrected chi connectivity index (χ0v) is 11.4. The Labute approximate surface area is 116 Å². The van der Waals surface area contributed by atoms with Gasteiger partial charge in [0.05, 0.1) is 5.02 Å². The van der Waals surface area contributed by atoms with Crippen LogP contribution in [0.2, 0.25) is 5.02 Å². The summed E-state index contributed by atoms with van der Waals surface area (Å²) in [5.74, 6) is -0.719. The van der Waals surface area contributed by atoms with Crippen LogP contribution in [-0.2, 0) is 0 Å². The maximum atomic E-state index is 13.4. The van der Waals surface area contributed by atoms with Gasteiger partial charge in [-0.3, -0.25) is 4.79 Å². The molecule has 2 rings (SSSR count). The summed E-state index contributed by atoms with van der Waals surface area (Å²) in [6, 6.07) is 7.84. The predicted octanol–water partition coefficient (Wildman–Crippen LogP) is 3.91. The zero-order chi connectivity index (χ0) is 14.2. The van der Waals surface area contributed by atoms with Crippen LogP contribution >= 0.6 is 11.6 Å². The number of ketones is 1. The zero-order valence-electron chi connectivity index (χ0n) is 10.6. The lowest BCUT2D eigenvalue weighted by Crippen LogP contribution is -2.09. The summed E-state index contributed by atoms with van der Waals surface area (Å²) in [7, 11) is 0. The van der Waals surface area contributed by atoms with Crippen LogP contribution in [-0.4, -0.2) is 5.78 Å². The lowest BCUT2D eigenvalue weighted by atomic mass is 9.96. The van der Waals surface area contributed by atoms with Crippen molar-refractivity contribution >= 4 is 23.1 Å². The smallest absolute Gasteiger partial charge is 0.196 e. The van der Waals surface area contributed by atoms with Crippen LogP contribution in [0.4, 0.5) is 10.1 Å². The second-order valence-electron chi connectivity index (χ2n) is 4.45. The Morgan fingerprint density at radius 1 is 1.21 bits per heavy atom. The lowest BCUT2D eigenvalue weighted by Gasteiger charge is -2.10. The van der Waals surface area contributed by atoms with Gasteiger partial charge in [-0.15, -0.1) is 0 Å². The highest BCUT2D eigenvalue weighted by Crippen LogP contribution is 2.26. The van der Waals surface area contributed by atoms with Crippen LogP contribution in [0.3, 0.4) is 0 Å². The molecule has 0 radical (unpaired) electrons. The van der Waals surface area contributed by atoms with E-state index in [4.69, 9.17) is 17.3 Å². The molecule has 0 saturated carbocycles. The van der Waals surface area contributed by atoms with Crippen LogP contribution in [0.25, 0.3) is 0 Å². The van der Waals surface area contributed by atoms with Gasteiger partial charge in [0.15, 0.2) is 5.78 Å². The number of anilines is 1. The van der Waals surface area contributed by atoms with E-state index in [1.54, 1.807) is 32.0 Å². The largest absolute Gasteiger partial charge is 0.398 e. The molecule has 0 aromatic heterocycles. The molecule has 0 unspecified atom stereocenters. The van der Waals surface area contributed by atoms with Crippen LogP contribution in [0.15, 0.2) is 30.3 Å². The molecule has 4 heteroatoms. The molecule has 19 heavy (non-hydrogen) atoms. The fourth-order valence-electron chi connectivity index (χ4n) is 1.97. The minimum atomic E-state index is -0.431. The average Bonchev–Trinajstić information content (AvgIpc) is 2.33. The third-order valence-corrected chi connectivity index (χ3v) is 3.34. The van der Waals surface area contributed by atoms with Crippen molar-refractivity contribution < 1.29 is 9.18 Å². The van der Waals surface area contributed by atoms with Gasteiger partial charge in [0.25, 0.3) is 0 Å². The van der Waals surface area contributed by atoms with E-state index in [1.165, 1.54) is 6.07 Å². The van der Waals surface area contributed by atoms with Crippen molar-refractivity contribution in [1.29, 1.82) is 0 Å². The Hall–Kier alpha value is -1.87. The molecular weight excluding hydrogens is 265 g/mol. The van der Waals surface area contributed by atoms with Gasteiger partial charge in [0.1, 0.15) is 5.82 Å². The van der Waals surface area contributed by atoms with Gasteiger partial charge in [0, 0.05) is 16.8 Å². The van der Waals surface area contributed by atoms with Crippen LogP contribution in [0.1, 0.15) is 27.0 Å². The Morgan fingerprint density at radius 3 is 2.53 bits per heavy atom. The molecule has 0 heterocycles. The van der Waals surface area contributed by atoms with Crippen LogP contribution < -0.4 is 5.73 Å². The standard InChI is InChI=1S/C15H13ClFNO/c1-8-4-3-5-13(18)14(8)15(19)10-6-9(2)12(17)7-11(10)16/h3-7H,18H2,1-2H3. The molecule has 0 aliphatic heterocycles. The number of halogens is 2. The highest BCUT2D eigenvalue weighted by Gasteiger charge is 2.18. The molecule has 0 aliphatic carbocycles. The van der Waals surface area contributed by atoms with Crippen LogP contribution in [0.5, 0.6) is 0 Å². The number of carbonyl (C=O) groups excluding carboxylic acids is 1. The fourth-order valence-corrected chi connectivity index (χ4v) is 2.20. The Morgan fingerprint density at radius 2 is 1.89 bits per heavy atom. The summed E-state index contributed by atoms with van der Waals surface area (Å²) in [6.45, 7) is 3.39. The van der Waals surface area contributed by atoms with E-state index < -0.39 is 5.82 Å². The summed E-state index contributed by atoms with van der Waals surface area (Å²) in [4.78, 5) is 12.5. The van der Waals surface area contributed by atoms with E-state index in [0.29, 0.717) is 16.8 Å². The Kier molecular flexibility index (Phi) is 3.58. The van der Waals surface area contributed by atoms with Crippen molar-refractivity contribution in [3.8, 4) is 0 Å². The maximum absolute atomic E-state index is 13.4. The van der Waals surface area contributed by atoms with Gasteiger partial charge < -0.3 is 5.73 Å². The number of nitrogen functional groups attached to an aromatic ring is 1. The van der Waals surface area contributed by atoms with Crippen molar-refractivity contribution in [3.63, 3.8) is 0 Å². The predicted molar refractivity (Wildman–Crippen MR) is 75.2 cm³/mol. The highest BCUT2D eigenvalue weighted by atomic mass is 35.5. The van der Waals surface area contributed by atoms with Crippen molar-refractivity contribution in [2.45, 2.75) is 13.8 Å². The summed E-state index contributed by atoms with van der Waals surface area (Å²) in [5.41, 5.74) is 8.05. The third-order valence-electron chi connectivity index (χ3n) is 3.03. The lowest BCUT2D eigenvalue weighted by molar-refractivity contribution is 0.103. The monoisotopic (exact) mass is 277 g/mol. The number of hydrogen-bond acceptors (Lipinski definition) is 2. The van der Waals surface area contributed by atoms with Crippen molar-refractivity contribution in [2.24, 2.45) is 0 Å². The van der Waals surface area contributed by atoms with Gasteiger partial charge >= 0.3 is 0 Å². The third kappa shape index (κ3) is 2.47. The van der Waals surface area contributed by atoms with Crippen molar-refractivity contribution in [1.82, 2.24) is 0 Å². The highest BCUT2D eigenvalue weighted by molar-refractivity contribution is 6.35. The fraction of sp³-hybridized carbons (Fsp3) is 0.133. The van der Waals surface area contributed by atoms with E-state index in [-0.39, 0.29) is 16.4 Å². The topological polar surface area (TPSA) is 43.1 Å². The number of rotatable bonds is 2. The maximum Gasteiger partial charge on any atom is 0.196 e. The molecule has 0 bridgehead atoms. The summed E-state index contributed by atoms with van der Waals surface area (Å²) < 4.78 is 13.4. The number of hydrogen-bond donors (Lipinski definition) is 1. The minimum Gasteiger partial charge on any atom is -0.398 e. The first-order valence-corrected chi connectivity index (χ1v) is 6.15. The number of benzene rings is 2. The first kappa shape index (κ1) is 13.6. The summed E-state index contributed by atoms with van der Waals surface area (Å²) >= 11 is 5.95. The first-order chi connectivity index (χ1) is 8.91. The van der Waals surface area contributed by atoms with Gasteiger partial charge in [-0.1, -0.05) is 23.7 Å². The summed E-state index contributed by atoms with van der Waals surface area (Å²) in [5, 5.41) is 0.0933. The molecule has 0 fully saturated rings. The van der Waals surface area contributed by atoms with Crippen LogP contribution in [0, 0.1) is 19.7 Å². The van der Waals surface area contributed by atoms with Gasteiger partial charge in [-0.05, 0) is 43.2 Å². The number of nitrogens with two attached hydrogens (primary N) is 1. The van der Waals surface area contributed by atoms with E-state index in [9.17, 15) is 9.18 Å². The quantitative estimate of drug-likeness (QED) is 0.668. The molecule has 2 N–H and O–H groups in total.